The second kappa shape index (κ2) is 26.0. The lowest BCUT2D eigenvalue weighted by molar-refractivity contribution is 0.255. The van der Waals surface area contributed by atoms with E-state index in [2.05, 4.69) is 64.8 Å². The maximum atomic E-state index is 4.51. The van der Waals surface area contributed by atoms with E-state index < -0.39 is 0 Å². The topological polar surface area (TPSA) is 3.24 Å². The van der Waals surface area contributed by atoms with Crippen molar-refractivity contribution in [3.05, 3.63) is 36.5 Å². The molecule has 0 amide bonds. The molecular weight excluding hydrogens is 579 g/mol. The minimum atomic E-state index is 0.445. The van der Waals surface area contributed by atoms with Gasteiger partial charge in [0.15, 0.2) is 0 Å². The van der Waals surface area contributed by atoms with Crippen molar-refractivity contribution in [3.8, 4) is 0 Å². The van der Waals surface area contributed by atoms with Gasteiger partial charge in [-0.1, -0.05) is 180 Å². The molecule has 2 rings (SSSR count). The second-order valence-electron chi connectivity index (χ2n) is 17.6. The zero-order valence-corrected chi connectivity index (χ0v) is 33.8. The molecule has 48 heavy (non-hydrogen) atoms. The Labute approximate surface area is 303 Å². The Morgan fingerprint density at radius 3 is 1.56 bits per heavy atom. The first-order chi connectivity index (χ1) is 23.2. The molecule has 0 aromatic carbocycles. The lowest BCUT2D eigenvalue weighted by atomic mass is 9.75. The molecule has 0 aromatic rings. The lowest BCUT2D eigenvalue weighted by Gasteiger charge is -2.29. The number of hydrogen-bond acceptors (Lipinski definition) is 1. The van der Waals surface area contributed by atoms with Gasteiger partial charge in [0, 0.05) is 0 Å². The first-order valence-electron chi connectivity index (χ1n) is 22.0. The average molecular weight is 666 g/mol. The van der Waals surface area contributed by atoms with E-state index in [9.17, 15) is 0 Å². The minimum absolute atomic E-state index is 0.445. The molecule has 280 valence electrons. The molecule has 1 fully saturated rings. The van der Waals surface area contributed by atoms with Crippen molar-refractivity contribution in [2.45, 2.75) is 221 Å². The van der Waals surface area contributed by atoms with E-state index >= 15 is 0 Å². The third kappa shape index (κ3) is 19.0. The van der Waals surface area contributed by atoms with Crippen LogP contribution in [0.1, 0.15) is 221 Å². The Bertz CT molecular complexity index is 843. The van der Waals surface area contributed by atoms with E-state index in [0.29, 0.717) is 10.8 Å². The Kier molecular flexibility index (Phi) is 23.5. The van der Waals surface area contributed by atoms with E-state index in [0.717, 1.165) is 11.8 Å². The first-order valence-corrected chi connectivity index (χ1v) is 22.0. The Morgan fingerprint density at radius 2 is 1.04 bits per heavy atom. The third-order valence-electron chi connectivity index (χ3n) is 12.5. The van der Waals surface area contributed by atoms with E-state index in [1.807, 2.05) is 0 Å². The van der Waals surface area contributed by atoms with Gasteiger partial charge < -0.3 is 4.90 Å². The smallest absolute Gasteiger partial charge is 0.00187 e. The molecule has 0 spiro atoms. The van der Waals surface area contributed by atoms with Crippen molar-refractivity contribution >= 4 is 0 Å². The highest BCUT2D eigenvalue weighted by Gasteiger charge is 2.51. The standard InChI is InChI=1S/C47H87N/c1-8-11-20-31-44(32-21-12-9-2)33-27-30-42(4)28-22-16-14-18-25-37-48(36-24-13-10-3)38-26-19-15-17-23-29-43(5)39-45-40-46(6)34-35-47(45,7)41-46/h34-35,44-45H,4-5,8-33,36-41H2,1-3,6-7H3. The third-order valence-corrected chi connectivity index (χ3v) is 12.5. The zero-order valence-electron chi connectivity index (χ0n) is 33.8. The van der Waals surface area contributed by atoms with Crippen LogP contribution in [0.5, 0.6) is 0 Å². The number of hydrogen-bond donors (Lipinski definition) is 0. The van der Waals surface area contributed by atoms with Crippen molar-refractivity contribution in [1.82, 2.24) is 4.90 Å². The summed E-state index contributed by atoms with van der Waals surface area (Å²) in [6.45, 7) is 24.9. The lowest BCUT2D eigenvalue weighted by Crippen LogP contribution is -2.27. The van der Waals surface area contributed by atoms with Crippen LogP contribution in [0.4, 0.5) is 0 Å². The SMILES string of the molecule is C=C(CCCCCCCN(CCCCC)CCCCCCCC(=C)CC1CC2(C)C=CC1(C)C2)CCCC(CCCCC)CCCCC. The Hall–Kier alpha value is -0.820. The van der Waals surface area contributed by atoms with Crippen LogP contribution in [-0.2, 0) is 0 Å². The monoisotopic (exact) mass is 666 g/mol. The summed E-state index contributed by atoms with van der Waals surface area (Å²) in [6, 6.07) is 0. The van der Waals surface area contributed by atoms with Crippen molar-refractivity contribution in [2.24, 2.45) is 22.7 Å². The largest absolute Gasteiger partial charge is 0.303 e. The molecule has 1 heteroatoms. The minimum Gasteiger partial charge on any atom is -0.303 e. The predicted octanol–water partition coefficient (Wildman–Crippen LogP) is 15.6. The maximum absolute atomic E-state index is 4.51. The average Bonchev–Trinajstić information content (AvgIpc) is 3.51. The molecule has 0 N–H and O–H groups in total. The summed E-state index contributed by atoms with van der Waals surface area (Å²) in [5.74, 6) is 1.80. The maximum Gasteiger partial charge on any atom is -0.00187 e. The summed E-state index contributed by atoms with van der Waals surface area (Å²) in [4.78, 5) is 2.81. The van der Waals surface area contributed by atoms with Gasteiger partial charge in [0.05, 0.1) is 0 Å². The second-order valence-corrected chi connectivity index (χ2v) is 17.6. The quantitative estimate of drug-likeness (QED) is 0.0488. The van der Waals surface area contributed by atoms with Crippen molar-refractivity contribution < 1.29 is 0 Å². The van der Waals surface area contributed by atoms with Gasteiger partial charge in [-0.15, -0.1) is 0 Å². The summed E-state index contributed by atoms with van der Waals surface area (Å²) in [5.41, 5.74) is 3.97. The summed E-state index contributed by atoms with van der Waals surface area (Å²) in [5, 5.41) is 0. The summed E-state index contributed by atoms with van der Waals surface area (Å²) in [6.07, 6.45) is 45.0. The molecule has 1 saturated carbocycles. The first kappa shape index (κ1) is 43.3. The van der Waals surface area contributed by atoms with Crippen LogP contribution in [0.3, 0.4) is 0 Å². The predicted molar refractivity (Wildman–Crippen MR) is 218 cm³/mol. The highest BCUT2D eigenvalue weighted by Crippen LogP contribution is 2.61. The Balaban J connectivity index is 1.48. The van der Waals surface area contributed by atoms with Crippen LogP contribution in [0, 0.1) is 22.7 Å². The van der Waals surface area contributed by atoms with Crippen LogP contribution in [0.15, 0.2) is 36.5 Å². The van der Waals surface area contributed by atoms with Gasteiger partial charge in [0.25, 0.3) is 0 Å². The number of fused-ring (bicyclic) bond motifs is 2. The summed E-state index contributed by atoms with van der Waals surface area (Å²) >= 11 is 0. The van der Waals surface area contributed by atoms with E-state index in [1.54, 1.807) is 0 Å². The highest BCUT2D eigenvalue weighted by atomic mass is 15.1. The van der Waals surface area contributed by atoms with Crippen LogP contribution < -0.4 is 0 Å². The zero-order chi connectivity index (χ0) is 34.9. The fourth-order valence-electron chi connectivity index (χ4n) is 9.32. The molecule has 2 aliphatic rings. The van der Waals surface area contributed by atoms with Crippen LogP contribution in [0.25, 0.3) is 0 Å². The number of unbranched alkanes of at least 4 members (excludes halogenated alkanes) is 14. The van der Waals surface area contributed by atoms with Crippen LogP contribution >= 0.6 is 0 Å². The molecule has 1 nitrogen and oxygen atoms in total. The molecule has 0 aliphatic heterocycles. The molecule has 2 aliphatic carbocycles. The molecule has 0 aromatic heterocycles. The van der Waals surface area contributed by atoms with Gasteiger partial charge in [-0.25, -0.2) is 0 Å². The fourth-order valence-corrected chi connectivity index (χ4v) is 9.32. The van der Waals surface area contributed by atoms with Crippen LogP contribution in [0.2, 0.25) is 0 Å². The van der Waals surface area contributed by atoms with Crippen LogP contribution in [-0.4, -0.2) is 24.5 Å². The fraction of sp³-hybridized carbons (Fsp3) is 0.872. The molecule has 0 heterocycles. The molecule has 3 unspecified atom stereocenters. The molecule has 0 saturated heterocycles. The normalized spacial score (nSPS) is 21.7. The highest BCUT2D eigenvalue weighted by molar-refractivity contribution is 5.23. The molecule has 3 atom stereocenters. The summed E-state index contributed by atoms with van der Waals surface area (Å²) < 4.78 is 0. The van der Waals surface area contributed by atoms with Gasteiger partial charge in [0.1, 0.15) is 0 Å². The van der Waals surface area contributed by atoms with Crippen molar-refractivity contribution in [3.63, 3.8) is 0 Å². The van der Waals surface area contributed by atoms with E-state index in [-0.39, 0.29) is 0 Å². The van der Waals surface area contributed by atoms with Gasteiger partial charge in [0.2, 0.25) is 0 Å². The van der Waals surface area contributed by atoms with Gasteiger partial charge in [-0.2, -0.15) is 0 Å². The molecule has 0 radical (unpaired) electrons. The van der Waals surface area contributed by atoms with Crippen molar-refractivity contribution in [2.75, 3.05) is 19.6 Å². The molecule has 2 bridgehead atoms. The van der Waals surface area contributed by atoms with Gasteiger partial charge in [-0.05, 0) is 119 Å². The van der Waals surface area contributed by atoms with E-state index in [1.165, 1.54) is 217 Å². The van der Waals surface area contributed by atoms with Crippen molar-refractivity contribution in [1.29, 1.82) is 0 Å². The number of allylic oxidation sites excluding steroid dienone is 4. The Morgan fingerprint density at radius 1 is 0.583 bits per heavy atom. The van der Waals surface area contributed by atoms with Gasteiger partial charge >= 0.3 is 0 Å². The molecular formula is C47H87N. The summed E-state index contributed by atoms with van der Waals surface area (Å²) in [7, 11) is 0. The number of rotatable bonds is 34. The van der Waals surface area contributed by atoms with E-state index in [4.69, 9.17) is 0 Å². The number of nitrogens with zero attached hydrogens (tertiary/aromatic N) is 1. The van der Waals surface area contributed by atoms with Gasteiger partial charge in [-0.3, -0.25) is 0 Å².